The number of rotatable bonds is 0. The van der Waals surface area contributed by atoms with Gasteiger partial charge in [0, 0.05) is 0 Å². The van der Waals surface area contributed by atoms with Crippen LogP contribution in [0.1, 0.15) is 0 Å². The molecule has 0 aliphatic heterocycles. The van der Waals surface area contributed by atoms with Crippen molar-refractivity contribution < 1.29 is 10.2 Å². The van der Waals surface area contributed by atoms with Crippen LogP contribution >= 0.6 is 23.3 Å². The second-order valence-electron chi connectivity index (χ2n) is 0.141. The van der Waals surface area contributed by atoms with Crippen molar-refractivity contribution in [3.05, 3.63) is 0 Å². The monoisotopic (exact) mass is 114 g/mol. The van der Waals surface area contributed by atoms with Gasteiger partial charge in [-0.1, -0.05) is 0 Å². The van der Waals surface area contributed by atoms with Crippen LogP contribution in [0, 0.1) is 0 Å². The SMILES string of the molecule is OCO.SS. The summed E-state index contributed by atoms with van der Waals surface area (Å²) in [5.74, 6) is 0. The topological polar surface area (TPSA) is 40.5 Å². The molecular formula is CH6O2S2. The van der Waals surface area contributed by atoms with E-state index in [0.717, 1.165) is 0 Å². The fraction of sp³-hybridized carbons (Fsp3) is 1.00. The molecule has 2 N–H and O–H groups in total. The average Bonchev–Trinajstić information content (AvgIpc) is 1.46. The highest BCUT2D eigenvalue weighted by Crippen LogP contribution is 1.65. The minimum Gasteiger partial charge on any atom is -0.371 e. The standard InChI is InChI=1S/CH4O2.H2S2/c2-1-3;1-2/h2-3H,1H2;1-2H. The van der Waals surface area contributed by atoms with E-state index in [9.17, 15) is 0 Å². The fourth-order valence-corrected chi connectivity index (χ4v) is 0. The maximum absolute atomic E-state index is 7.12. The van der Waals surface area contributed by atoms with Gasteiger partial charge >= 0.3 is 0 Å². The van der Waals surface area contributed by atoms with E-state index in [1.165, 1.54) is 0 Å². The van der Waals surface area contributed by atoms with Crippen molar-refractivity contribution in [1.82, 2.24) is 0 Å². The molecule has 0 unspecified atom stereocenters. The van der Waals surface area contributed by atoms with E-state index >= 15 is 0 Å². The molecule has 0 rings (SSSR count). The van der Waals surface area contributed by atoms with Crippen LogP contribution < -0.4 is 0 Å². The third-order valence-electron chi connectivity index (χ3n) is 0. The molecule has 0 atom stereocenters. The van der Waals surface area contributed by atoms with Crippen molar-refractivity contribution in [3.63, 3.8) is 0 Å². The molecule has 0 saturated heterocycles. The molecule has 0 aromatic rings. The second kappa shape index (κ2) is 23.1. The molecule has 0 aliphatic rings. The maximum Gasteiger partial charge on any atom is 0.140 e. The Labute approximate surface area is 41.0 Å². The first-order valence-electron chi connectivity index (χ1n) is 0.832. The van der Waals surface area contributed by atoms with Crippen molar-refractivity contribution in [2.45, 2.75) is 0 Å². The number of hydrogen-bond acceptors (Lipinski definition) is 4. The zero-order valence-corrected chi connectivity index (χ0v) is 4.28. The van der Waals surface area contributed by atoms with E-state index < -0.39 is 6.79 Å². The van der Waals surface area contributed by atoms with Crippen molar-refractivity contribution in [2.75, 3.05) is 6.79 Å². The van der Waals surface area contributed by atoms with Crippen molar-refractivity contribution >= 4 is 23.3 Å². The van der Waals surface area contributed by atoms with Crippen LogP contribution in [0.15, 0.2) is 0 Å². The predicted molar refractivity (Wildman–Crippen MR) is 27.3 cm³/mol. The highest BCUT2D eigenvalue weighted by molar-refractivity contribution is 8.59. The van der Waals surface area contributed by atoms with Gasteiger partial charge in [0.15, 0.2) is 0 Å². The smallest absolute Gasteiger partial charge is 0.140 e. The van der Waals surface area contributed by atoms with Crippen LogP contribution in [0.4, 0.5) is 0 Å². The maximum atomic E-state index is 7.12. The number of hydrogen-bond donors (Lipinski definition) is 4. The average molecular weight is 114 g/mol. The highest BCUT2D eigenvalue weighted by atomic mass is 33.1. The summed E-state index contributed by atoms with van der Waals surface area (Å²) in [6.07, 6.45) is 0. The van der Waals surface area contributed by atoms with E-state index in [4.69, 9.17) is 10.2 Å². The van der Waals surface area contributed by atoms with E-state index in [1.54, 1.807) is 0 Å². The Kier molecular flexibility index (Phi) is 42.2. The Balaban J connectivity index is 0. The third kappa shape index (κ3) is 82.5. The van der Waals surface area contributed by atoms with Gasteiger partial charge in [-0.3, -0.25) is 0 Å². The number of aliphatic hydroxyl groups excluding tert-OH is 1. The van der Waals surface area contributed by atoms with Gasteiger partial charge in [0.2, 0.25) is 0 Å². The molecular weight excluding hydrogens is 108 g/mol. The zero-order chi connectivity index (χ0) is 4.71. The molecule has 0 radical (unpaired) electrons. The first-order valence-corrected chi connectivity index (χ1v) is 2.43. The van der Waals surface area contributed by atoms with Gasteiger partial charge in [0.1, 0.15) is 6.79 Å². The van der Waals surface area contributed by atoms with Gasteiger partial charge in [-0.15, -0.1) is 23.3 Å². The van der Waals surface area contributed by atoms with E-state index in [0.29, 0.717) is 0 Å². The molecule has 0 saturated carbocycles. The number of thiol groups is 2. The van der Waals surface area contributed by atoms with Gasteiger partial charge in [0.25, 0.3) is 0 Å². The van der Waals surface area contributed by atoms with Gasteiger partial charge in [0.05, 0.1) is 0 Å². The zero-order valence-electron chi connectivity index (χ0n) is 2.50. The van der Waals surface area contributed by atoms with Crippen LogP contribution in [-0.4, -0.2) is 17.0 Å². The summed E-state index contributed by atoms with van der Waals surface area (Å²) in [6, 6.07) is 0. The largest absolute Gasteiger partial charge is 0.371 e. The molecule has 5 heavy (non-hydrogen) atoms. The summed E-state index contributed by atoms with van der Waals surface area (Å²) in [5, 5.41) is 14.2. The van der Waals surface area contributed by atoms with E-state index in [2.05, 4.69) is 23.3 Å². The molecule has 4 heteroatoms. The van der Waals surface area contributed by atoms with Crippen LogP contribution in [0.3, 0.4) is 0 Å². The molecule has 0 amide bonds. The van der Waals surface area contributed by atoms with Crippen LogP contribution in [0.25, 0.3) is 0 Å². The molecule has 0 aromatic heterocycles. The summed E-state index contributed by atoms with van der Waals surface area (Å²) in [5.41, 5.74) is 0. The molecule has 34 valence electrons. The lowest BCUT2D eigenvalue weighted by molar-refractivity contribution is 0.0773. The van der Waals surface area contributed by atoms with Gasteiger partial charge in [-0.2, -0.15) is 0 Å². The molecule has 0 aliphatic carbocycles. The summed E-state index contributed by atoms with van der Waals surface area (Å²) < 4.78 is 0. The summed E-state index contributed by atoms with van der Waals surface area (Å²) in [7, 11) is 0. The fourth-order valence-electron chi connectivity index (χ4n) is 0. The minimum atomic E-state index is -0.750. The van der Waals surface area contributed by atoms with Gasteiger partial charge < -0.3 is 10.2 Å². The lowest BCUT2D eigenvalue weighted by Crippen LogP contribution is -1.66. The normalized spacial score (nSPS) is 4.80. The van der Waals surface area contributed by atoms with Crippen LogP contribution in [0.2, 0.25) is 0 Å². The van der Waals surface area contributed by atoms with Crippen LogP contribution in [-0.2, 0) is 0 Å². The third-order valence-corrected chi connectivity index (χ3v) is 0. The molecule has 0 heterocycles. The Morgan fingerprint density at radius 2 is 1.20 bits per heavy atom. The Bertz CT molecular complexity index is 7.61. The molecule has 0 fully saturated rings. The van der Waals surface area contributed by atoms with E-state index in [-0.39, 0.29) is 0 Å². The summed E-state index contributed by atoms with van der Waals surface area (Å²) in [6.45, 7) is -0.750. The lowest BCUT2D eigenvalue weighted by atomic mass is 11.6. The van der Waals surface area contributed by atoms with E-state index in [1.807, 2.05) is 0 Å². The van der Waals surface area contributed by atoms with Crippen molar-refractivity contribution in [3.8, 4) is 0 Å². The Morgan fingerprint density at radius 3 is 1.20 bits per heavy atom. The quantitative estimate of drug-likeness (QED) is 0.198. The Hall–Kier alpha value is 0.620. The van der Waals surface area contributed by atoms with Gasteiger partial charge in [-0.25, -0.2) is 0 Å². The van der Waals surface area contributed by atoms with Crippen molar-refractivity contribution in [2.24, 2.45) is 0 Å². The summed E-state index contributed by atoms with van der Waals surface area (Å²) >= 11 is 6.44. The van der Waals surface area contributed by atoms with Crippen LogP contribution in [0.5, 0.6) is 0 Å². The molecule has 0 spiro atoms. The number of aliphatic hydroxyl groups is 2. The molecule has 0 aromatic carbocycles. The first kappa shape index (κ1) is 9.15. The lowest BCUT2D eigenvalue weighted by Gasteiger charge is -1.55. The molecule has 2 nitrogen and oxygen atoms in total. The summed E-state index contributed by atoms with van der Waals surface area (Å²) in [4.78, 5) is 0. The Morgan fingerprint density at radius 1 is 1.20 bits per heavy atom. The predicted octanol–water partition coefficient (Wildman–Crippen LogP) is -0.310. The first-order chi connectivity index (χ1) is 2.41. The van der Waals surface area contributed by atoms with Crippen molar-refractivity contribution in [1.29, 1.82) is 0 Å². The van der Waals surface area contributed by atoms with Gasteiger partial charge in [-0.05, 0) is 0 Å². The second-order valence-corrected chi connectivity index (χ2v) is 0.141. The highest BCUT2D eigenvalue weighted by Gasteiger charge is 1.32. The minimum absolute atomic E-state index is 0.750. The molecule has 0 bridgehead atoms.